The van der Waals surface area contributed by atoms with Gasteiger partial charge in [0.05, 0.1) is 31.0 Å². The molecule has 1 saturated heterocycles. The lowest BCUT2D eigenvalue weighted by Gasteiger charge is -2.23. The van der Waals surface area contributed by atoms with Crippen LogP contribution in [0.3, 0.4) is 0 Å². The molecular weight excluding hydrogens is 468 g/mol. The summed E-state index contributed by atoms with van der Waals surface area (Å²) in [6.07, 6.45) is 0. The Hall–Kier alpha value is -3.98. The maximum Gasteiger partial charge on any atom is 0.350 e. The van der Waals surface area contributed by atoms with Crippen LogP contribution >= 0.6 is 11.3 Å². The van der Waals surface area contributed by atoms with Gasteiger partial charge in [0.2, 0.25) is 0 Å². The van der Waals surface area contributed by atoms with Gasteiger partial charge in [0.25, 0.3) is 5.78 Å². The number of carbonyl (C=O) groups is 3. The van der Waals surface area contributed by atoms with Gasteiger partial charge < -0.3 is 14.6 Å². The quantitative estimate of drug-likeness (QED) is 0.232. The predicted molar refractivity (Wildman–Crippen MR) is 132 cm³/mol. The number of rotatable bonds is 6. The first kappa shape index (κ1) is 24.2. The molecule has 1 aliphatic heterocycles. The third-order valence-electron chi connectivity index (χ3n) is 5.65. The number of esters is 1. The number of benzene rings is 2. The van der Waals surface area contributed by atoms with Crippen LogP contribution in [-0.2, 0) is 14.3 Å². The molecule has 1 N–H and O–H groups in total. The first-order valence-corrected chi connectivity index (χ1v) is 11.7. The lowest BCUT2D eigenvalue weighted by atomic mass is 9.95. The van der Waals surface area contributed by atoms with Crippen molar-refractivity contribution in [1.82, 2.24) is 4.98 Å². The van der Waals surface area contributed by atoms with Crippen molar-refractivity contribution >= 4 is 39.9 Å². The molecule has 0 spiro atoms. The summed E-state index contributed by atoms with van der Waals surface area (Å²) in [5.74, 6) is -1.92. The minimum absolute atomic E-state index is 0.0606. The number of nitrogens with zero attached hydrogens (tertiary/aromatic N) is 2. The van der Waals surface area contributed by atoms with Crippen LogP contribution in [0.2, 0.25) is 0 Å². The van der Waals surface area contributed by atoms with E-state index in [1.54, 1.807) is 50.2 Å². The zero-order valence-corrected chi connectivity index (χ0v) is 20.5. The van der Waals surface area contributed by atoms with Crippen molar-refractivity contribution in [3.63, 3.8) is 0 Å². The number of amides is 1. The minimum Gasteiger partial charge on any atom is -0.507 e. The predicted octanol–water partition coefficient (Wildman–Crippen LogP) is 4.57. The molecular formula is C26H24N2O6S. The lowest BCUT2D eigenvalue weighted by Crippen LogP contribution is -2.29. The highest BCUT2D eigenvalue weighted by Crippen LogP contribution is 2.44. The standard InChI is InChI=1S/C26H24N2O6S/c1-5-34-25(32)23-15(3)27-26(35-23)28-20(16-10-12-18(33-4)13-11-16)19(22(30)24(28)31)21(29)17-8-6-14(2)7-9-17/h6-13,20,29H,5H2,1-4H3/b21-19+/t20-/m0/s1. The van der Waals surface area contributed by atoms with E-state index in [1.165, 1.54) is 12.0 Å². The van der Waals surface area contributed by atoms with Crippen molar-refractivity contribution in [3.05, 3.63) is 81.4 Å². The Kier molecular flexibility index (Phi) is 6.70. The van der Waals surface area contributed by atoms with E-state index in [9.17, 15) is 19.5 Å². The fourth-order valence-electron chi connectivity index (χ4n) is 3.87. The summed E-state index contributed by atoms with van der Waals surface area (Å²) < 4.78 is 10.3. The molecule has 9 heteroatoms. The zero-order valence-electron chi connectivity index (χ0n) is 19.7. The third-order valence-corrected chi connectivity index (χ3v) is 6.79. The molecule has 0 aliphatic carbocycles. The van der Waals surface area contributed by atoms with Crippen molar-refractivity contribution in [2.24, 2.45) is 0 Å². The highest BCUT2D eigenvalue weighted by molar-refractivity contribution is 7.17. The van der Waals surface area contributed by atoms with Crippen molar-refractivity contribution in [2.75, 3.05) is 18.6 Å². The molecule has 1 aromatic heterocycles. The van der Waals surface area contributed by atoms with Gasteiger partial charge in [-0.25, -0.2) is 9.78 Å². The molecule has 4 rings (SSSR count). The average Bonchev–Trinajstić information content (AvgIpc) is 3.36. The van der Waals surface area contributed by atoms with E-state index in [0.717, 1.165) is 16.9 Å². The molecule has 2 heterocycles. The Balaban J connectivity index is 1.90. The van der Waals surface area contributed by atoms with Crippen LogP contribution < -0.4 is 9.64 Å². The maximum absolute atomic E-state index is 13.3. The van der Waals surface area contributed by atoms with Gasteiger partial charge in [-0.15, -0.1) is 0 Å². The normalized spacial score (nSPS) is 17.0. The molecule has 0 radical (unpaired) electrons. The summed E-state index contributed by atoms with van der Waals surface area (Å²) in [6, 6.07) is 12.9. The van der Waals surface area contributed by atoms with Gasteiger partial charge in [0.1, 0.15) is 16.4 Å². The zero-order chi connectivity index (χ0) is 25.3. The van der Waals surface area contributed by atoms with E-state index < -0.39 is 23.7 Å². The largest absolute Gasteiger partial charge is 0.507 e. The van der Waals surface area contributed by atoms with Gasteiger partial charge >= 0.3 is 11.9 Å². The monoisotopic (exact) mass is 492 g/mol. The van der Waals surface area contributed by atoms with E-state index in [1.807, 2.05) is 19.1 Å². The molecule has 1 aliphatic rings. The molecule has 2 aromatic carbocycles. The van der Waals surface area contributed by atoms with Gasteiger partial charge in [-0.1, -0.05) is 53.3 Å². The van der Waals surface area contributed by atoms with E-state index in [0.29, 0.717) is 22.6 Å². The van der Waals surface area contributed by atoms with Crippen LogP contribution in [0.1, 0.15) is 45.0 Å². The molecule has 0 unspecified atom stereocenters. The van der Waals surface area contributed by atoms with Crippen molar-refractivity contribution in [1.29, 1.82) is 0 Å². The van der Waals surface area contributed by atoms with Crippen molar-refractivity contribution < 1.29 is 29.0 Å². The fourth-order valence-corrected chi connectivity index (χ4v) is 4.86. The summed E-state index contributed by atoms with van der Waals surface area (Å²) in [5.41, 5.74) is 2.30. The Morgan fingerprint density at radius 2 is 1.74 bits per heavy atom. The summed E-state index contributed by atoms with van der Waals surface area (Å²) in [5, 5.41) is 11.3. The van der Waals surface area contributed by atoms with E-state index in [-0.39, 0.29) is 27.9 Å². The average molecular weight is 493 g/mol. The van der Waals surface area contributed by atoms with Gasteiger partial charge in [-0.05, 0) is 38.5 Å². The van der Waals surface area contributed by atoms with Crippen LogP contribution in [0.5, 0.6) is 5.75 Å². The summed E-state index contributed by atoms with van der Waals surface area (Å²) in [4.78, 5) is 44.8. The number of ether oxygens (including phenoxy) is 2. The minimum atomic E-state index is -0.956. The molecule has 0 saturated carbocycles. The molecule has 3 aromatic rings. The Labute approximate surface area is 206 Å². The smallest absolute Gasteiger partial charge is 0.350 e. The molecule has 35 heavy (non-hydrogen) atoms. The lowest BCUT2D eigenvalue weighted by molar-refractivity contribution is -0.132. The number of aryl methyl sites for hydroxylation is 2. The third kappa shape index (κ3) is 4.42. The van der Waals surface area contributed by atoms with Crippen molar-refractivity contribution in [2.45, 2.75) is 26.8 Å². The summed E-state index contributed by atoms with van der Waals surface area (Å²) >= 11 is 0.967. The number of hydrogen-bond donors (Lipinski definition) is 1. The molecule has 1 amide bonds. The Morgan fingerprint density at radius 3 is 2.34 bits per heavy atom. The van der Waals surface area contributed by atoms with E-state index >= 15 is 0 Å². The molecule has 1 atom stereocenters. The summed E-state index contributed by atoms with van der Waals surface area (Å²) in [7, 11) is 1.54. The Morgan fingerprint density at radius 1 is 1.09 bits per heavy atom. The second-order valence-electron chi connectivity index (χ2n) is 7.94. The second-order valence-corrected chi connectivity index (χ2v) is 8.92. The number of Topliss-reactive ketones (excluding diaryl/α,β-unsaturated/α-hetero) is 1. The highest BCUT2D eigenvalue weighted by Gasteiger charge is 2.48. The number of methoxy groups -OCH3 is 1. The molecule has 1 fully saturated rings. The van der Waals surface area contributed by atoms with Crippen LogP contribution in [-0.4, -0.2) is 41.5 Å². The van der Waals surface area contributed by atoms with E-state index in [4.69, 9.17) is 9.47 Å². The highest BCUT2D eigenvalue weighted by atomic mass is 32.1. The molecule has 180 valence electrons. The number of hydrogen-bond acceptors (Lipinski definition) is 8. The van der Waals surface area contributed by atoms with Gasteiger partial charge in [-0.3, -0.25) is 14.5 Å². The summed E-state index contributed by atoms with van der Waals surface area (Å²) in [6.45, 7) is 5.43. The topological polar surface area (TPSA) is 106 Å². The number of anilines is 1. The SMILES string of the molecule is CCOC(=O)c1sc(N2C(=O)C(=O)/C(=C(/O)c3ccc(C)cc3)[C@@H]2c2ccc(OC)cc2)nc1C. The fraction of sp³-hybridized carbons (Fsp3) is 0.231. The second kappa shape index (κ2) is 9.71. The maximum atomic E-state index is 13.3. The van der Waals surface area contributed by atoms with E-state index in [2.05, 4.69) is 4.98 Å². The number of aromatic nitrogens is 1. The number of thiazole rings is 1. The number of carbonyl (C=O) groups excluding carboxylic acids is 3. The van der Waals surface area contributed by atoms with Gasteiger partial charge in [0, 0.05) is 5.56 Å². The number of aliphatic hydroxyl groups is 1. The number of aliphatic hydroxyl groups excluding tert-OH is 1. The van der Waals surface area contributed by atoms with Gasteiger partial charge in [0.15, 0.2) is 5.13 Å². The first-order valence-electron chi connectivity index (χ1n) is 10.9. The van der Waals surface area contributed by atoms with Crippen molar-refractivity contribution in [3.8, 4) is 5.75 Å². The van der Waals surface area contributed by atoms with Crippen LogP contribution in [0, 0.1) is 13.8 Å². The first-order chi connectivity index (χ1) is 16.8. The van der Waals surface area contributed by atoms with Gasteiger partial charge in [-0.2, -0.15) is 0 Å². The van der Waals surface area contributed by atoms with Crippen LogP contribution in [0.15, 0.2) is 54.1 Å². The Bertz CT molecular complexity index is 1320. The molecule has 0 bridgehead atoms. The van der Waals surface area contributed by atoms with Crippen LogP contribution in [0.25, 0.3) is 5.76 Å². The number of ketones is 1. The van der Waals surface area contributed by atoms with Crippen LogP contribution in [0.4, 0.5) is 5.13 Å². The molecule has 8 nitrogen and oxygen atoms in total.